The molecular weight excluding hydrogens is 382 g/mol. The minimum Gasteiger partial charge on any atom is -0.459 e. The van der Waals surface area contributed by atoms with E-state index in [0.29, 0.717) is 11.1 Å². The van der Waals surface area contributed by atoms with Gasteiger partial charge in [-0.05, 0) is 67.0 Å². The van der Waals surface area contributed by atoms with E-state index in [1.807, 2.05) is 0 Å². The normalized spacial score (nSPS) is 18.9. The molecule has 0 unspecified atom stereocenters. The molecule has 1 aliphatic rings. The zero-order chi connectivity index (χ0) is 21.3. The SMILES string of the molecule is CCCCCCCC1CCC(OC(=O)c2ccc(-c3ccc(F)cc3)cc2F)CC1. The fourth-order valence-corrected chi connectivity index (χ4v) is 4.29. The molecule has 0 spiro atoms. The molecule has 0 aromatic heterocycles. The predicted octanol–water partition coefficient (Wildman–Crippen LogP) is 7.71. The summed E-state index contributed by atoms with van der Waals surface area (Å²) in [7, 11) is 0. The third-order valence-corrected chi connectivity index (χ3v) is 6.15. The summed E-state index contributed by atoms with van der Waals surface area (Å²) in [6, 6.07) is 10.3. The highest BCUT2D eigenvalue weighted by molar-refractivity contribution is 5.90. The smallest absolute Gasteiger partial charge is 0.341 e. The summed E-state index contributed by atoms with van der Waals surface area (Å²) >= 11 is 0. The topological polar surface area (TPSA) is 26.3 Å². The van der Waals surface area contributed by atoms with Crippen molar-refractivity contribution >= 4 is 5.97 Å². The highest BCUT2D eigenvalue weighted by atomic mass is 19.1. The lowest BCUT2D eigenvalue weighted by Gasteiger charge is -2.28. The largest absolute Gasteiger partial charge is 0.459 e. The zero-order valence-electron chi connectivity index (χ0n) is 17.8. The lowest BCUT2D eigenvalue weighted by Crippen LogP contribution is -2.25. The van der Waals surface area contributed by atoms with Gasteiger partial charge in [-0.15, -0.1) is 0 Å². The summed E-state index contributed by atoms with van der Waals surface area (Å²) in [6.45, 7) is 2.23. The van der Waals surface area contributed by atoms with E-state index in [4.69, 9.17) is 4.74 Å². The van der Waals surface area contributed by atoms with Crippen LogP contribution in [-0.2, 0) is 4.74 Å². The van der Waals surface area contributed by atoms with Gasteiger partial charge in [-0.2, -0.15) is 0 Å². The molecule has 0 atom stereocenters. The Morgan fingerprint density at radius 1 is 0.900 bits per heavy atom. The fraction of sp³-hybridized carbons (Fsp3) is 0.500. The number of ether oxygens (including phenoxy) is 1. The van der Waals surface area contributed by atoms with E-state index in [0.717, 1.165) is 31.6 Å². The van der Waals surface area contributed by atoms with Crippen LogP contribution in [0.2, 0.25) is 0 Å². The fourth-order valence-electron chi connectivity index (χ4n) is 4.29. The van der Waals surface area contributed by atoms with Crippen LogP contribution in [0.5, 0.6) is 0 Å². The van der Waals surface area contributed by atoms with Gasteiger partial charge in [-0.25, -0.2) is 13.6 Å². The van der Waals surface area contributed by atoms with Crippen molar-refractivity contribution in [1.82, 2.24) is 0 Å². The van der Waals surface area contributed by atoms with E-state index < -0.39 is 11.8 Å². The number of hydrogen-bond acceptors (Lipinski definition) is 2. The van der Waals surface area contributed by atoms with Gasteiger partial charge in [0.25, 0.3) is 0 Å². The number of halogens is 2. The van der Waals surface area contributed by atoms with Crippen LogP contribution in [-0.4, -0.2) is 12.1 Å². The molecule has 2 aromatic carbocycles. The summed E-state index contributed by atoms with van der Waals surface area (Å²) in [6.07, 6.45) is 11.6. The molecule has 1 fully saturated rings. The monoisotopic (exact) mass is 414 g/mol. The van der Waals surface area contributed by atoms with Crippen molar-refractivity contribution in [1.29, 1.82) is 0 Å². The van der Waals surface area contributed by atoms with Crippen LogP contribution in [0.3, 0.4) is 0 Å². The second-order valence-electron chi connectivity index (χ2n) is 8.45. The minimum atomic E-state index is -0.609. The highest BCUT2D eigenvalue weighted by Gasteiger charge is 2.25. The van der Waals surface area contributed by atoms with E-state index in [1.54, 1.807) is 18.2 Å². The van der Waals surface area contributed by atoms with Crippen LogP contribution in [0, 0.1) is 17.6 Å². The number of carbonyl (C=O) groups is 1. The molecule has 0 bridgehead atoms. The third kappa shape index (κ3) is 6.38. The minimum absolute atomic E-state index is 0.0427. The first-order valence-electron chi connectivity index (χ1n) is 11.3. The summed E-state index contributed by atoms with van der Waals surface area (Å²) in [5.74, 6) is -0.817. The Kier molecular flexibility index (Phi) is 8.41. The number of rotatable bonds is 9. The second-order valence-corrected chi connectivity index (χ2v) is 8.45. The first-order chi connectivity index (χ1) is 14.6. The van der Waals surface area contributed by atoms with Gasteiger partial charge in [0.15, 0.2) is 0 Å². The summed E-state index contributed by atoms with van der Waals surface area (Å²) in [4.78, 5) is 12.5. The maximum Gasteiger partial charge on any atom is 0.341 e. The zero-order valence-corrected chi connectivity index (χ0v) is 17.8. The van der Waals surface area contributed by atoms with E-state index in [9.17, 15) is 13.6 Å². The van der Waals surface area contributed by atoms with Gasteiger partial charge in [-0.3, -0.25) is 0 Å². The number of carbonyl (C=O) groups excluding carboxylic acids is 1. The number of benzene rings is 2. The number of unbranched alkanes of at least 4 members (excludes halogenated alkanes) is 4. The van der Waals surface area contributed by atoms with Crippen molar-refractivity contribution in [3.05, 3.63) is 59.7 Å². The van der Waals surface area contributed by atoms with Crippen molar-refractivity contribution < 1.29 is 18.3 Å². The average Bonchev–Trinajstić information content (AvgIpc) is 2.75. The molecule has 0 heterocycles. The maximum atomic E-state index is 14.5. The molecule has 2 aromatic rings. The molecule has 162 valence electrons. The van der Waals surface area contributed by atoms with Crippen molar-refractivity contribution in [2.24, 2.45) is 5.92 Å². The Labute approximate surface area is 178 Å². The molecule has 30 heavy (non-hydrogen) atoms. The Morgan fingerprint density at radius 2 is 1.57 bits per heavy atom. The van der Waals surface area contributed by atoms with Crippen LogP contribution in [0.4, 0.5) is 8.78 Å². The Bertz CT molecular complexity index is 808. The van der Waals surface area contributed by atoms with Crippen molar-refractivity contribution in [3.63, 3.8) is 0 Å². The molecule has 4 heteroatoms. The van der Waals surface area contributed by atoms with Crippen LogP contribution in [0.25, 0.3) is 11.1 Å². The van der Waals surface area contributed by atoms with Crippen LogP contribution >= 0.6 is 0 Å². The number of esters is 1. The molecule has 3 rings (SSSR count). The first kappa shape index (κ1) is 22.5. The molecule has 2 nitrogen and oxygen atoms in total. The van der Waals surface area contributed by atoms with E-state index in [2.05, 4.69) is 6.92 Å². The van der Waals surface area contributed by atoms with Crippen LogP contribution in [0.1, 0.15) is 81.5 Å². The lowest BCUT2D eigenvalue weighted by atomic mass is 9.84. The van der Waals surface area contributed by atoms with Gasteiger partial charge < -0.3 is 4.74 Å². The maximum absolute atomic E-state index is 14.5. The summed E-state index contributed by atoms with van der Waals surface area (Å²) in [5, 5.41) is 0. The second kappa shape index (κ2) is 11.2. The van der Waals surface area contributed by atoms with Gasteiger partial charge in [0.2, 0.25) is 0 Å². The van der Waals surface area contributed by atoms with Gasteiger partial charge in [0.05, 0.1) is 5.56 Å². The molecule has 1 saturated carbocycles. The molecule has 0 radical (unpaired) electrons. The van der Waals surface area contributed by atoms with E-state index >= 15 is 0 Å². The van der Waals surface area contributed by atoms with Crippen LogP contribution in [0.15, 0.2) is 42.5 Å². The molecule has 1 aliphatic carbocycles. The Balaban J connectivity index is 1.48. The average molecular weight is 415 g/mol. The number of hydrogen-bond donors (Lipinski definition) is 0. The van der Waals surface area contributed by atoms with Gasteiger partial charge in [0.1, 0.15) is 17.7 Å². The Morgan fingerprint density at radius 3 is 2.23 bits per heavy atom. The van der Waals surface area contributed by atoms with Gasteiger partial charge in [-0.1, -0.05) is 63.6 Å². The Hall–Kier alpha value is -2.23. The molecule has 0 N–H and O–H groups in total. The standard InChI is InChI=1S/C26H32F2O2/c1-2-3-4-5-6-7-19-8-15-23(16-9-19)30-26(29)24-17-12-21(18-25(24)28)20-10-13-22(27)14-11-20/h10-14,17-19,23H,2-9,15-16H2,1H3. The van der Waals surface area contributed by atoms with E-state index in [1.165, 1.54) is 62.8 Å². The lowest BCUT2D eigenvalue weighted by molar-refractivity contribution is 0.0156. The summed E-state index contributed by atoms with van der Waals surface area (Å²) < 4.78 is 33.2. The summed E-state index contributed by atoms with van der Waals surface area (Å²) in [5.41, 5.74) is 1.26. The predicted molar refractivity (Wildman–Crippen MR) is 116 cm³/mol. The van der Waals surface area contributed by atoms with Crippen molar-refractivity contribution in [3.8, 4) is 11.1 Å². The first-order valence-corrected chi connectivity index (χ1v) is 11.3. The third-order valence-electron chi connectivity index (χ3n) is 6.15. The van der Waals surface area contributed by atoms with Crippen molar-refractivity contribution in [2.45, 2.75) is 77.2 Å². The molecule has 0 amide bonds. The molecule has 0 saturated heterocycles. The van der Waals surface area contributed by atoms with Gasteiger partial charge >= 0.3 is 5.97 Å². The van der Waals surface area contributed by atoms with E-state index in [-0.39, 0.29) is 17.5 Å². The highest BCUT2D eigenvalue weighted by Crippen LogP contribution is 2.31. The molecule has 0 aliphatic heterocycles. The van der Waals surface area contributed by atoms with Gasteiger partial charge in [0, 0.05) is 0 Å². The quantitative estimate of drug-likeness (QED) is 0.310. The molecular formula is C26H32F2O2. The van der Waals surface area contributed by atoms with Crippen molar-refractivity contribution in [2.75, 3.05) is 0 Å². The van der Waals surface area contributed by atoms with Crippen LogP contribution < -0.4 is 0 Å².